The summed E-state index contributed by atoms with van der Waals surface area (Å²) < 4.78 is 10.9. The minimum atomic E-state index is -0.952. The van der Waals surface area contributed by atoms with Gasteiger partial charge in [0, 0.05) is 5.56 Å². The minimum Gasteiger partial charge on any atom is -0.507 e. The van der Waals surface area contributed by atoms with Crippen molar-refractivity contribution in [3.63, 3.8) is 0 Å². The summed E-state index contributed by atoms with van der Waals surface area (Å²) in [5.41, 5.74) is 4.48. The quantitative estimate of drug-likeness (QED) is 0.219. The van der Waals surface area contributed by atoms with Crippen LogP contribution in [-0.2, 0) is 16.0 Å². The fraction of sp³-hybridized carbons (Fsp3) is 0.207. The zero-order chi connectivity index (χ0) is 26.3. The molecule has 1 amide bonds. The number of imidazole rings is 1. The summed E-state index contributed by atoms with van der Waals surface area (Å²) in [5, 5.41) is 11.4. The molecule has 37 heavy (non-hydrogen) atoms. The van der Waals surface area contributed by atoms with Crippen LogP contribution in [0.1, 0.15) is 35.2 Å². The first kappa shape index (κ1) is 24.1. The molecule has 3 aromatic carbocycles. The fourth-order valence-corrected chi connectivity index (χ4v) is 4.67. The highest BCUT2D eigenvalue weighted by molar-refractivity contribution is 6.51. The van der Waals surface area contributed by atoms with Gasteiger partial charge in [-0.2, -0.15) is 0 Å². The predicted molar refractivity (Wildman–Crippen MR) is 141 cm³/mol. The number of nitrogens with one attached hydrogen (secondary N) is 1. The lowest BCUT2D eigenvalue weighted by Gasteiger charge is -2.24. The van der Waals surface area contributed by atoms with E-state index in [1.807, 2.05) is 44.2 Å². The summed E-state index contributed by atoms with van der Waals surface area (Å²) in [7, 11) is 3.04. The number of methoxy groups -OCH3 is 2. The van der Waals surface area contributed by atoms with Crippen LogP contribution in [0.5, 0.6) is 11.5 Å². The van der Waals surface area contributed by atoms with Crippen LogP contribution in [0.4, 0.5) is 5.95 Å². The van der Waals surface area contributed by atoms with E-state index in [1.54, 1.807) is 30.3 Å². The number of Topliss-reactive ketones (excluding diaryl/α,β-unsaturated/α-hetero) is 1. The van der Waals surface area contributed by atoms with Crippen molar-refractivity contribution in [1.29, 1.82) is 0 Å². The van der Waals surface area contributed by atoms with Crippen LogP contribution in [0.25, 0.3) is 16.8 Å². The highest BCUT2D eigenvalue weighted by Crippen LogP contribution is 2.43. The zero-order valence-electron chi connectivity index (χ0n) is 21.0. The standard InChI is InChI=1S/C29H27N3O5/c1-5-17-7-9-18(10-8-17)26(33)24-25(19-11-13-22(36-3)23(15-19)37-4)32(28(35)27(24)34)29-30-20-12-6-16(2)14-21(20)31-29/h6-15,25,33H,5H2,1-4H3,(H,30,31)/b26-24+. The number of aliphatic hydroxyl groups excluding tert-OH is 1. The van der Waals surface area contributed by atoms with Crippen molar-refractivity contribution in [3.05, 3.63) is 88.5 Å². The van der Waals surface area contributed by atoms with Gasteiger partial charge in [-0.25, -0.2) is 4.98 Å². The van der Waals surface area contributed by atoms with Crippen molar-refractivity contribution < 1.29 is 24.2 Å². The molecule has 1 aliphatic heterocycles. The molecule has 1 aliphatic rings. The second-order valence-corrected chi connectivity index (χ2v) is 8.92. The van der Waals surface area contributed by atoms with E-state index in [9.17, 15) is 14.7 Å². The monoisotopic (exact) mass is 497 g/mol. The van der Waals surface area contributed by atoms with E-state index in [0.29, 0.717) is 28.1 Å². The van der Waals surface area contributed by atoms with Gasteiger partial charge in [-0.1, -0.05) is 43.3 Å². The number of aliphatic hydroxyl groups is 1. The molecule has 1 atom stereocenters. The molecule has 0 bridgehead atoms. The lowest BCUT2D eigenvalue weighted by Crippen LogP contribution is -2.30. The van der Waals surface area contributed by atoms with Crippen LogP contribution >= 0.6 is 0 Å². The normalized spacial score (nSPS) is 17.0. The summed E-state index contributed by atoms with van der Waals surface area (Å²) in [5.74, 6) is -0.704. The van der Waals surface area contributed by atoms with E-state index in [1.165, 1.54) is 19.1 Å². The molecule has 2 N–H and O–H groups in total. The van der Waals surface area contributed by atoms with E-state index in [2.05, 4.69) is 9.97 Å². The first-order valence-electron chi connectivity index (χ1n) is 11.9. The topological polar surface area (TPSA) is 105 Å². The van der Waals surface area contributed by atoms with Gasteiger partial charge >= 0.3 is 5.91 Å². The van der Waals surface area contributed by atoms with Gasteiger partial charge < -0.3 is 19.6 Å². The molecule has 1 saturated heterocycles. The number of ketones is 1. The third-order valence-electron chi connectivity index (χ3n) is 6.66. The van der Waals surface area contributed by atoms with E-state index in [-0.39, 0.29) is 17.3 Å². The number of carbonyl (C=O) groups is 2. The number of fused-ring (bicyclic) bond motifs is 1. The molecule has 8 nitrogen and oxygen atoms in total. The number of aromatic nitrogens is 2. The maximum absolute atomic E-state index is 13.5. The number of aromatic amines is 1. The smallest absolute Gasteiger partial charge is 0.302 e. The molecule has 2 heterocycles. The highest BCUT2D eigenvalue weighted by atomic mass is 16.5. The predicted octanol–water partition coefficient (Wildman–Crippen LogP) is 5.08. The van der Waals surface area contributed by atoms with Crippen molar-refractivity contribution in [3.8, 4) is 11.5 Å². The Labute approximate surface area is 214 Å². The Balaban J connectivity index is 1.73. The van der Waals surface area contributed by atoms with Gasteiger partial charge in [-0.3, -0.25) is 14.5 Å². The Morgan fingerprint density at radius 2 is 1.73 bits per heavy atom. The first-order chi connectivity index (χ1) is 17.9. The molecule has 1 fully saturated rings. The van der Waals surface area contributed by atoms with Gasteiger partial charge in [0.2, 0.25) is 5.95 Å². The molecule has 1 aromatic heterocycles. The minimum absolute atomic E-state index is 0.0295. The van der Waals surface area contributed by atoms with Crippen LogP contribution < -0.4 is 14.4 Å². The number of ether oxygens (including phenoxy) is 2. The lowest BCUT2D eigenvalue weighted by atomic mass is 9.94. The molecule has 188 valence electrons. The molecular formula is C29H27N3O5. The van der Waals surface area contributed by atoms with E-state index in [0.717, 1.165) is 23.1 Å². The van der Waals surface area contributed by atoms with Crippen molar-refractivity contribution in [2.24, 2.45) is 0 Å². The number of H-pyrrole nitrogens is 1. The third-order valence-corrected chi connectivity index (χ3v) is 6.66. The molecule has 4 aromatic rings. The van der Waals surface area contributed by atoms with Crippen molar-refractivity contribution in [2.45, 2.75) is 26.3 Å². The van der Waals surface area contributed by atoms with Crippen LogP contribution in [-0.4, -0.2) is 41.0 Å². The number of hydrogen-bond donors (Lipinski definition) is 2. The number of hydrogen-bond acceptors (Lipinski definition) is 6. The lowest BCUT2D eigenvalue weighted by molar-refractivity contribution is -0.132. The summed E-state index contributed by atoms with van der Waals surface area (Å²) in [6, 6.07) is 17.1. The zero-order valence-corrected chi connectivity index (χ0v) is 21.0. The average molecular weight is 498 g/mol. The molecular weight excluding hydrogens is 470 g/mol. The molecule has 8 heteroatoms. The average Bonchev–Trinajstić information content (AvgIpc) is 3.45. The maximum Gasteiger partial charge on any atom is 0.302 e. The molecule has 0 radical (unpaired) electrons. The number of aryl methyl sites for hydroxylation is 2. The Hall–Kier alpha value is -4.59. The summed E-state index contributed by atoms with van der Waals surface area (Å²) in [4.78, 5) is 36.0. The van der Waals surface area contributed by atoms with E-state index < -0.39 is 17.7 Å². The van der Waals surface area contributed by atoms with Gasteiger partial charge in [0.05, 0.1) is 36.9 Å². The van der Waals surface area contributed by atoms with Gasteiger partial charge in [0.15, 0.2) is 11.5 Å². The number of rotatable bonds is 6. The number of anilines is 1. The SMILES string of the molecule is CCc1ccc(/C(O)=C2\C(=O)C(=O)N(c3nc4ccc(C)cc4[nH]3)C2c2ccc(OC)c(OC)c2)cc1. The Morgan fingerprint density at radius 1 is 1.00 bits per heavy atom. The van der Waals surface area contributed by atoms with Gasteiger partial charge in [0.25, 0.3) is 5.78 Å². The Morgan fingerprint density at radius 3 is 2.41 bits per heavy atom. The molecule has 1 unspecified atom stereocenters. The van der Waals surface area contributed by atoms with Crippen LogP contribution in [0.2, 0.25) is 0 Å². The largest absolute Gasteiger partial charge is 0.507 e. The summed E-state index contributed by atoms with van der Waals surface area (Å²) >= 11 is 0. The number of carbonyl (C=O) groups excluding carboxylic acids is 2. The van der Waals surface area contributed by atoms with Gasteiger partial charge in [-0.05, 0) is 54.3 Å². The number of amides is 1. The van der Waals surface area contributed by atoms with Crippen LogP contribution in [0.15, 0.2) is 66.2 Å². The second-order valence-electron chi connectivity index (χ2n) is 8.92. The first-order valence-corrected chi connectivity index (χ1v) is 11.9. The van der Waals surface area contributed by atoms with E-state index >= 15 is 0 Å². The van der Waals surface area contributed by atoms with Crippen LogP contribution in [0.3, 0.4) is 0 Å². The summed E-state index contributed by atoms with van der Waals surface area (Å²) in [6.07, 6.45) is 0.836. The van der Waals surface area contributed by atoms with Gasteiger partial charge in [0.1, 0.15) is 5.76 Å². The Bertz CT molecular complexity index is 1550. The molecule has 0 aliphatic carbocycles. The van der Waals surface area contributed by atoms with Crippen molar-refractivity contribution >= 4 is 34.4 Å². The van der Waals surface area contributed by atoms with Crippen molar-refractivity contribution in [2.75, 3.05) is 19.1 Å². The van der Waals surface area contributed by atoms with Gasteiger partial charge in [-0.15, -0.1) is 0 Å². The molecule has 0 saturated carbocycles. The fourth-order valence-electron chi connectivity index (χ4n) is 4.67. The molecule has 0 spiro atoms. The second kappa shape index (κ2) is 9.46. The highest BCUT2D eigenvalue weighted by Gasteiger charge is 2.48. The van der Waals surface area contributed by atoms with E-state index in [4.69, 9.17) is 9.47 Å². The van der Waals surface area contributed by atoms with Crippen molar-refractivity contribution in [1.82, 2.24) is 9.97 Å². The maximum atomic E-state index is 13.5. The number of benzene rings is 3. The van der Waals surface area contributed by atoms with Crippen LogP contribution in [0, 0.1) is 6.92 Å². The number of nitrogens with zero attached hydrogens (tertiary/aromatic N) is 2. The Kier molecular flexibility index (Phi) is 6.17. The third kappa shape index (κ3) is 4.10. The molecule has 5 rings (SSSR count). The summed E-state index contributed by atoms with van der Waals surface area (Å²) in [6.45, 7) is 3.99.